The van der Waals surface area contributed by atoms with E-state index < -0.39 is 0 Å². The second kappa shape index (κ2) is 7.33. The highest BCUT2D eigenvalue weighted by molar-refractivity contribution is 5.69. The van der Waals surface area contributed by atoms with E-state index in [9.17, 15) is 4.79 Å². The van der Waals surface area contributed by atoms with E-state index in [2.05, 4.69) is 15.3 Å². The Balaban J connectivity index is 2.02. The number of nitrogens with zero attached hydrogens (tertiary/aromatic N) is 2. The number of aryl methyl sites for hydroxylation is 2. The Bertz CT molecular complexity index is 456. The molecule has 0 spiro atoms. The largest absolute Gasteiger partial charge is 0.466 e. The Morgan fingerprint density at radius 1 is 1.40 bits per heavy atom. The highest BCUT2D eigenvalue weighted by atomic mass is 16.5. The zero-order valence-corrected chi connectivity index (χ0v) is 12.3. The van der Waals surface area contributed by atoms with Gasteiger partial charge in [-0.15, -0.1) is 0 Å². The summed E-state index contributed by atoms with van der Waals surface area (Å²) < 4.78 is 4.95. The first-order valence-electron chi connectivity index (χ1n) is 7.40. The van der Waals surface area contributed by atoms with E-state index in [4.69, 9.17) is 4.74 Å². The number of esters is 1. The van der Waals surface area contributed by atoms with Crippen LogP contribution in [0.3, 0.4) is 0 Å². The summed E-state index contributed by atoms with van der Waals surface area (Å²) in [5.41, 5.74) is 1.92. The van der Waals surface area contributed by atoms with Crippen molar-refractivity contribution in [2.24, 2.45) is 0 Å². The smallest absolute Gasteiger partial charge is 0.306 e. The lowest BCUT2D eigenvalue weighted by molar-refractivity contribution is -0.143. The first kappa shape index (κ1) is 14.9. The predicted molar refractivity (Wildman–Crippen MR) is 76.6 cm³/mol. The van der Waals surface area contributed by atoms with Crippen LogP contribution in [-0.4, -0.2) is 35.6 Å². The minimum Gasteiger partial charge on any atom is -0.466 e. The van der Waals surface area contributed by atoms with E-state index in [1.807, 2.05) is 19.9 Å². The minimum atomic E-state index is -0.160. The van der Waals surface area contributed by atoms with Crippen molar-refractivity contribution in [1.29, 1.82) is 0 Å². The van der Waals surface area contributed by atoms with Gasteiger partial charge in [0.1, 0.15) is 5.82 Å². The molecule has 20 heavy (non-hydrogen) atoms. The molecule has 1 aliphatic heterocycles. The van der Waals surface area contributed by atoms with Crippen molar-refractivity contribution in [3.8, 4) is 0 Å². The van der Waals surface area contributed by atoms with E-state index in [0.717, 1.165) is 43.1 Å². The van der Waals surface area contributed by atoms with Crippen molar-refractivity contribution in [3.05, 3.63) is 23.3 Å². The number of piperidine rings is 1. The van der Waals surface area contributed by atoms with Crippen LogP contribution in [0.2, 0.25) is 0 Å². The fraction of sp³-hybridized carbons (Fsp3) is 0.667. The third-order valence-electron chi connectivity index (χ3n) is 3.52. The maximum absolute atomic E-state index is 11.4. The van der Waals surface area contributed by atoms with Gasteiger partial charge in [0.05, 0.1) is 13.0 Å². The number of hydrogen-bond acceptors (Lipinski definition) is 5. The van der Waals surface area contributed by atoms with Gasteiger partial charge < -0.3 is 10.1 Å². The number of rotatable bonds is 5. The fourth-order valence-electron chi connectivity index (χ4n) is 2.51. The third kappa shape index (κ3) is 4.27. The molecule has 0 saturated carbocycles. The van der Waals surface area contributed by atoms with E-state index in [-0.39, 0.29) is 5.97 Å². The number of aromatic nitrogens is 2. The van der Waals surface area contributed by atoms with Gasteiger partial charge in [0.25, 0.3) is 0 Å². The molecule has 2 heterocycles. The molecular formula is C15H23N3O2. The molecule has 5 nitrogen and oxygen atoms in total. The van der Waals surface area contributed by atoms with Crippen molar-refractivity contribution in [2.75, 3.05) is 19.7 Å². The normalized spacial score (nSPS) is 16.1. The highest BCUT2D eigenvalue weighted by Gasteiger charge is 2.18. The summed E-state index contributed by atoms with van der Waals surface area (Å²) in [6, 6.07) is 1.96. The summed E-state index contributed by atoms with van der Waals surface area (Å²) in [7, 11) is 0. The summed E-state index contributed by atoms with van der Waals surface area (Å²) in [5, 5.41) is 3.35. The summed E-state index contributed by atoms with van der Waals surface area (Å²) in [5.74, 6) is 1.22. The number of carbonyl (C=O) groups excluding carboxylic acids is 1. The molecule has 0 radical (unpaired) electrons. The van der Waals surface area contributed by atoms with Gasteiger partial charge in [0, 0.05) is 23.7 Å². The maximum atomic E-state index is 11.4. The topological polar surface area (TPSA) is 64.1 Å². The molecular weight excluding hydrogens is 254 g/mol. The van der Waals surface area contributed by atoms with Crippen molar-refractivity contribution in [2.45, 2.75) is 45.4 Å². The first-order valence-corrected chi connectivity index (χ1v) is 7.40. The van der Waals surface area contributed by atoms with E-state index in [1.54, 1.807) is 0 Å². The van der Waals surface area contributed by atoms with Crippen molar-refractivity contribution < 1.29 is 9.53 Å². The predicted octanol–water partition coefficient (Wildman–Crippen LogP) is 1.75. The lowest BCUT2D eigenvalue weighted by Gasteiger charge is -2.22. The molecule has 1 saturated heterocycles. The zero-order valence-electron chi connectivity index (χ0n) is 12.3. The third-order valence-corrected chi connectivity index (χ3v) is 3.52. The Labute approximate surface area is 120 Å². The molecule has 0 amide bonds. The molecule has 0 aromatic carbocycles. The molecule has 1 aromatic rings. The number of ether oxygens (including phenoxy) is 1. The summed E-state index contributed by atoms with van der Waals surface area (Å²) in [6.07, 6.45) is 3.18. The van der Waals surface area contributed by atoms with Crippen LogP contribution in [-0.2, 0) is 16.0 Å². The lowest BCUT2D eigenvalue weighted by Crippen LogP contribution is -2.27. The number of carbonyl (C=O) groups is 1. The molecule has 1 aliphatic rings. The maximum Gasteiger partial charge on any atom is 0.306 e. The van der Waals surface area contributed by atoms with Crippen LogP contribution in [0, 0.1) is 6.92 Å². The molecule has 0 atom stereocenters. The van der Waals surface area contributed by atoms with Gasteiger partial charge in [0.2, 0.25) is 0 Å². The number of hydrogen-bond donors (Lipinski definition) is 1. The van der Waals surface area contributed by atoms with Crippen LogP contribution in [0.1, 0.15) is 49.3 Å². The molecule has 1 aromatic heterocycles. The SMILES string of the molecule is CCOC(=O)CCc1cc(C)nc(C2CCNCC2)n1. The van der Waals surface area contributed by atoms with Crippen LogP contribution in [0.5, 0.6) is 0 Å². The van der Waals surface area contributed by atoms with Crippen molar-refractivity contribution >= 4 is 5.97 Å². The Hall–Kier alpha value is -1.49. The Morgan fingerprint density at radius 3 is 2.85 bits per heavy atom. The van der Waals surface area contributed by atoms with Gasteiger partial charge in [-0.05, 0) is 45.8 Å². The van der Waals surface area contributed by atoms with Crippen molar-refractivity contribution in [3.63, 3.8) is 0 Å². The average molecular weight is 277 g/mol. The molecule has 0 aliphatic carbocycles. The van der Waals surface area contributed by atoms with Crippen LogP contribution in [0.4, 0.5) is 0 Å². The monoisotopic (exact) mass is 277 g/mol. The zero-order chi connectivity index (χ0) is 14.4. The van der Waals surface area contributed by atoms with E-state index in [1.165, 1.54) is 0 Å². The average Bonchev–Trinajstić information content (AvgIpc) is 2.46. The molecule has 1 fully saturated rings. The van der Waals surface area contributed by atoms with E-state index in [0.29, 0.717) is 25.4 Å². The van der Waals surface area contributed by atoms with Gasteiger partial charge >= 0.3 is 5.97 Å². The van der Waals surface area contributed by atoms with Gasteiger partial charge in [-0.2, -0.15) is 0 Å². The van der Waals surface area contributed by atoms with Gasteiger partial charge in [0.15, 0.2) is 0 Å². The minimum absolute atomic E-state index is 0.160. The van der Waals surface area contributed by atoms with Crippen LogP contribution in [0.25, 0.3) is 0 Å². The van der Waals surface area contributed by atoms with Gasteiger partial charge in [-0.3, -0.25) is 4.79 Å². The molecule has 110 valence electrons. The standard InChI is InChI=1S/C15H23N3O2/c1-3-20-14(19)5-4-13-10-11(2)17-15(18-13)12-6-8-16-9-7-12/h10,12,16H,3-9H2,1-2H3. The lowest BCUT2D eigenvalue weighted by atomic mass is 9.97. The molecule has 2 rings (SSSR count). The summed E-state index contributed by atoms with van der Waals surface area (Å²) in [4.78, 5) is 20.6. The molecule has 0 unspecified atom stereocenters. The van der Waals surface area contributed by atoms with Crippen LogP contribution >= 0.6 is 0 Å². The van der Waals surface area contributed by atoms with Gasteiger partial charge in [-0.25, -0.2) is 9.97 Å². The van der Waals surface area contributed by atoms with E-state index >= 15 is 0 Å². The Kier molecular flexibility index (Phi) is 5.47. The molecule has 5 heteroatoms. The Morgan fingerprint density at radius 2 is 2.15 bits per heavy atom. The van der Waals surface area contributed by atoms with Crippen LogP contribution < -0.4 is 5.32 Å². The number of nitrogens with one attached hydrogen (secondary N) is 1. The first-order chi connectivity index (χ1) is 9.69. The second-order valence-electron chi connectivity index (χ2n) is 5.19. The van der Waals surface area contributed by atoms with Crippen molar-refractivity contribution in [1.82, 2.24) is 15.3 Å². The molecule has 0 bridgehead atoms. The quantitative estimate of drug-likeness (QED) is 0.831. The second-order valence-corrected chi connectivity index (χ2v) is 5.19. The molecule has 1 N–H and O–H groups in total. The summed E-state index contributed by atoms with van der Waals surface area (Å²) >= 11 is 0. The highest BCUT2D eigenvalue weighted by Crippen LogP contribution is 2.22. The summed E-state index contributed by atoms with van der Waals surface area (Å²) in [6.45, 7) is 6.30. The van der Waals surface area contributed by atoms with Crippen LogP contribution in [0.15, 0.2) is 6.07 Å². The van der Waals surface area contributed by atoms with Gasteiger partial charge in [-0.1, -0.05) is 0 Å². The fourth-order valence-corrected chi connectivity index (χ4v) is 2.51.